The third-order valence-electron chi connectivity index (χ3n) is 3.99. The van der Waals surface area contributed by atoms with E-state index in [0.717, 1.165) is 30.8 Å². The summed E-state index contributed by atoms with van der Waals surface area (Å²) in [5.41, 5.74) is 1.75. The van der Waals surface area contributed by atoms with Crippen LogP contribution in [0.15, 0.2) is 36.4 Å². The number of thiazole rings is 2. The highest BCUT2D eigenvalue weighted by Gasteiger charge is 2.15. The van der Waals surface area contributed by atoms with E-state index in [1.54, 1.807) is 24.3 Å². The number of nitrogens with zero attached hydrogens (tertiary/aromatic N) is 2. The van der Waals surface area contributed by atoms with Gasteiger partial charge in [-0.15, -0.1) is 0 Å². The van der Waals surface area contributed by atoms with Gasteiger partial charge in [-0.25, -0.2) is 9.97 Å². The molecule has 0 aliphatic carbocycles. The van der Waals surface area contributed by atoms with E-state index in [9.17, 15) is 10.2 Å². The van der Waals surface area contributed by atoms with Crippen molar-refractivity contribution in [2.75, 3.05) is 13.2 Å². The average Bonchev–Trinajstić information content (AvgIpc) is 3.25. The summed E-state index contributed by atoms with van der Waals surface area (Å²) in [6.45, 7) is 4.70. The molecule has 0 saturated carbocycles. The molecule has 0 unspecified atom stereocenters. The molecular weight excluding hydrogens is 396 g/mol. The molecule has 0 bridgehead atoms. The summed E-state index contributed by atoms with van der Waals surface area (Å²) in [6, 6.07) is 10.4. The highest BCUT2D eigenvalue weighted by molar-refractivity contribution is 7.29. The molecule has 2 N–H and O–H groups in total. The van der Waals surface area contributed by atoms with E-state index in [0.29, 0.717) is 24.7 Å². The van der Waals surface area contributed by atoms with Crippen molar-refractivity contribution in [3.05, 3.63) is 36.4 Å². The Morgan fingerprint density at radius 2 is 1.18 bits per heavy atom. The van der Waals surface area contributed by atoms with Gasteiger partial charge in [0.1, 0.15) is 10.0 Å². The lowest BCUT2D eigenvalue weighted by atomic mass is 10.2. The second-order valence-electron chi connectivity index (χ2n) is 5.88. The van der Waals surface area contributed by atoms with Crippen molar-refractivity contribution in [2.45, 2.75) is 13.8 Å². The lowest BCUT2D eigenvalue weighted by Gasteiger charge is -2.07. The summed E-state index contributed by atoms with van der Waals surface area (Å²) in [4.78, 5) is 11.1. The van der Waals surface area contributed by atoms with Gasteiger partial charge in [-0.1, -0.05) is 22.7 Å². The molecule has 0 amide bonds. The van der Waals surface area contributed by atoms with Crippen LogP contribution in [0.5, 0.6) is 23.0 Å². The van der Waals surface area contributed by atoms with Crippen LogP contribution in [0.1, 0.15) is 13.8 Å². The summed E-state index contributed by atoms with van der Waals surface area (Å²) >= 11 is 2.97. The van der Waals surface area contributed by atoms with Gasteiger partial charge in [-0.05, 0) is 50.2 Å². The Morgan fingerprint density at radius 1 is 0.750 bits per heavy atom. The minimum Gasteiger partial charge on any atom is -0.504 e. The molecule has 0 atom stereocenters. The van der Waals surface area contributed by atoms with E-state index >= 15 is 0 Å². The first-order valence-electron chi connectivity index (χ1n) is 8.78. The fraction of sp³-hybridized carbons (Fsp3) is 0.200. The SMILES string of the molecule is CCOc1cc(-c2nc3sc(-c4ccc(O)c(OCC)c4)nc3s2)ccc1O. The zero-order valence-corrected chi connectivity index (χ0v) is 16.9. The van der Waals surface area contributed by atoms with Crippen molar-refractivity contribution in [1.29, 1.82) is 0 Å². The number of phenols is 2. The van der Waals surface area contributed by atoms with E-state index in [1.165, 1.54) is 22.7 Å². The molecule has 4 aromatic rings. The molecule has 0 spiro atoms. The van der Waals surface area contributed by atoms with E-state index in [2.05, 4.69) is 0 Å². The van der Waals surface area contributed by atoms with Gasteiger partial charge in [0.15, 0.2) is 32.7 Å². The Balaban J connectivity index is 1.67. The van der Waals surface area contributed by atoms with Gasteiger partial charge in [0.2, 0.25) is 0 Å². The number of ether oxygens (including phenoxy) is 2. The smallest absolute Gasteiger partial charge is 0.161 e. The van der Waals surface area contributed by atoms with E-state index in [1.807, 2.05) is 26.0 Å². The Morgan fingerprint density at radius 3 is 1.57 bits per heavy atom. The first kappa shape index (κ1) is 18.5. The maximum Gasteiger partial charge on any atom is 0.161 e. The van der Waals surface area contributed by atoms with Crippen LogP contribution in [0.3, 0.4) is 0 Å². The molecule has 144 valence electrons. The molecule has 0 aliphatic rings. The Labute approximate surface area is 169 Å². The Kier molecular flexibility index (Phi) is 5.06. The second-order valence-corrected chi connectivity index (χ2v) is 7.83. The molecule has 8 heteroatoms. The van der Waals surface area contributed by atoms with E-state index in [-0.39, 0.29) is 11.5 Å². The lowest BCUT2D eigenvalue weighted by molar-refractivity contribution is 0.318. The van der Waals surface area contributed by atoms with Crippen molar-refractivity contribution >= 4 is 32.3 Å². The first-order valence-corrected chi connectivity index (χ1v) is 10.4. The quantitative estimate of drug-likeness (QED) is 0.446. The van der Waals surface area contributed by atoms with Crippen molar-refractivity contribution in [2.24, 2.45) is 0 Å². The van der Waals surface area contributed by atoms with Crippen LogP contribution in [0.25, 0.3) is 30.8 Å². The first-order chi connectivity index (χ1) is 13.6. The number of benzene rings is 2. The maximum absolute atomic E-state index is 9.87. The normalized spacial score (nSPS) is 11.1. The maximum atomic E-state index is 9.87. The molecule has 6 nitrogen and oxygen atoms in total. The van der Waals surface area contributed by atoms with Gasteiger partial charge in [-0.3, -0.25) is 0 Å². The fourth-order valence-electron chi connectivity index (χ4n) is 2.73. The van der Waals surface area contributed by atoms with Crippen LogP contribution in [0, 0.1) is 0 Å². The number of rotatable bonds is 6. The van der Waals surface area contributed by atoms with Crippen molar-refractivity contribution in [3.63, 3.8) is 0 Å². The molecule has 0 aliphatic heterocycles. The highest BCUT2D eigenvalue weighted by atomic mass is 32.1. The van der Waals surface area contributed by atoms with Crippen LogP contribution in [-0.2, 0) is 0 Å². The number of hydrogen-bond donors (Lipinski definition) is 2. The van der Waals surface area contributed by atoms with Gasteiger partial charge in [0.25, 0.3) is 0 Å². The van der Waals surface area contributed by atoms with Crippen LogP contribution in [0.2, 0.25) is 0 Å². The molecule has 0 radical (unpaired) electrons. The lowest BCUT2D eigenvalue weighted by Crippen LogP contribution is -1.92. The van der Waals surface area contributed by atoms with Gasteiger partial charge < -0.3 is 19.7 Å². The fourth-order valence-corrected chi connectivity index (χ4v) is 4.76. The van der Waals surface area contributed by atoms with E-state index in [4.69, 9.17) is 19.4 Å². The van der Waals surface area contributed by atoms with Crippen molar-refractivity contribution < 1.29 is 19.7 Å². The number of aromatic hydroxyl groups is 2. The predicted octanol–water partition coefficient (Wildman–Crippen LogP) is 5.30. The number of aromatic nitrogens is 2. The Bertz CT molecular complexity index is 1020. The Hall–Kier alpha value is -2.84. The average molecular weight is 415 g/mol. The summed E-state index contributed by atoms with van der Waals surface area (Å²) in [5, 5.41) is 21.4. The van der Waals surface area contributed by atoms with Crippen LogP contribution in [-0.4, -0.2) is 33.4 Å². The minimum absolute atomic E-state index is 0.113. The monoisotopic (exact) mass is 414 g/mol. The molecule has 0 saturated heterocycles. The van der Waals surface area contributed by atoms with Crippen LogP contribution >= 0.6 is 22.7 Å². The second kappa shape index (κ2) is 7.65. The zero-order valence-electron chi connectivity index (χ0n) is 15.3. The molecule has 4 rings (SSSR count). The van der Waals surface area contributed by atoms with Gasteiger partial charge in [0.05, 0.1) is 13.2 Å². The van der Waals surface area contributed by atoms with Gasteiger partial charge >= 0.3 is 0 Å². The topological polar surface area (TPSA) is 84.7 Å². The third-order valence-corrected chi connectivity index (χ3v) is 6.11. The molecular formula is C20H18N2O4S2. The molecule has 2 heterocycles. The molecule has 2 aromatic carbocycles. The summed E-state index contributed by atoms with van der Waals surface area (Å²) in [5.74, 6) is 1.11. The van der Waals surface area contributed by atoms with Crippen LogP contribution < -0.4 is 9.47 Å². The number of fused-ring (bicyclic) bond motifs is 1. The van der Waals surface area contributed by atoms with Crippen molar-refractivity contribution in [3.8, 4) is 44.1 Å². The van der Waals surface area contributed by atoms with Gasteiger partial charge in [-0.2, -0.15) is 0 Å². The van der Waals surface area contributed by atoms with Crippen LogP contribution in [0.4, 0.5) is 0 Å². The molecule has 0 fully saturated rings. The standard InChI is InChI=1S/C20H18N2O4S2/c1-3-25-15-9-11(5-7-13(15)23)17-21-19-20(27-17)22-18(28-19)12-6-8-14(24)16(10-12)26-4-2/h5-10,23-24H,3-4H2,1-2H3. The van der Waals surface area contributed by atoms with E-state index < -0.39 is 0 Å². The predicted molar refractivity (Wildman–Crippen MR) is 112 cm³/mol. The minimum atomic E-state index is 0.113. The van der Waals surface area contributed by atoms with Crippen molar-refractivity contribution in [1.82, 2.24) is 9.97 Å². The summed E-state index contributed by atoms with van der Waals surface area (Å²) in [7, 11) is 0. The molecule has 28 heavy (non-hydrogen) atoms. The zero-order chi connectivity index (χ0) is 19.7. The van der Waals surface area contributed by atoms with Gasteiger partial charge in [0, 0.05) is 11.1 Å². The molecule has 2 aromatic heterocycles. The third kappa shape index (κ3) is 3.48. The number of hydrogen-bond acceptors (Lipinski definition) is 8. The summed E-state index contributed by atoms with van der Waals surface area (Å²) < 4.78 is 10.9. The number of phenolic OH excluding ortho intramolecular Hbond substituents is 2. The largest absolute Gasteiger partial charge is 0.504 e. The highest BCUT2D eigenvalue weighted by Crippen LogP contribution is 2.40. The summed E-state index contributed by atoms with van der Waals surface area (Å²) in [6.07, 6.45) is 0.